The molecule has 0 aromatic heterocycles. The van der Waals surface area contributed by atoms with Gasteiger partial charge in [0.15, 0.2) is 0 Å². The van der Waals surface area contributed by atoms with E-state index in [1.165, 1.54) is 0 Å². The summed E-state index contributed by atoms with van der Waals surface area (Å²) in [5, 5.41) is 54.8. The number of rotatable bonds is 1. The Kier molecular flexibility index (Phi) is 4.17. The van der Waals surface area contributed by atoms with Crippen LogP contribution in [0.1, 0.15) is 72.1 Å². The predicted molar refractivity (Wildman–Crippen MR) is 97.2 cm³/mol. The van der Waals surface area contributed by atoms with Crippen molar-refractivity contribution in [1.29, 1.82) is 0 Å². The summed E-state index contributed by atoms with van der Waals surface area (Å²) in [5.41, 5.74) is -3.73. The lowest BCUT2D eigenvalue weighted by Gasteiger charge is -2.65. The van der Waals surface area contributed by atoms with Crippen molar-refractivity contribution in [3.05, 3.63) is 0 Å². The molecule has 0 amide bonds. The first-order valence-electron chi connectivity index (χ1n) is 10.5. The van der Waals surface area contributed by atoms with E-state index >= 15 is 0 Å². The Bertz CT molecular complexity index is 581. The Balaban J connectivity index is 1.75. The summed E-state index contributed by atoms with van der Waals surface area (Å²) in [6.45, 7) is 5.64. The van der Waals surface area contributed by atoms with Gasteiger partial charge in [0.05, 0.1) is 29.3 Å². The first-order chi connectivity index (χ1) is 12.0. The van der Waals surface area contributed by atoms with Crippen molar-refractivity contribution < 1.29 is 25.5 Å². The molecule has 4 rings (SSSR count). The van der Waals surface area contributed by atoms with Gasteiger partial charge in [-0.25, -0.2) is 0 Å². The highest BCUT2D eigenvalue weighted by atomic mass is 16.4. The fourth-order valence-corrected chi connectivity index (χ4v) is 7.92. The Labute approximate surface area is 156 Å². The molecule has 0 aromatic rings. The van der Waals surface area contributed by atoms with E-state index in [0.29, 0.717) is 25.2 Å². The van der Waals surface area contributed by atoms with Crippen LogP contribution >= 0.6 is 0 Å². The average molecular weight is 369 g/mol. The summed E-state index contributed by atoms with van der Waals surface area (Å²) in [4.78, 5) is 0. The highest BCUT2D eigenvalue weighted by molar-refractivity contribution is 5.25. The molecule has 4 fully saturated rings. The Hall–Kier alpha value is -0.200. The Morgan fingerprint density at radius 2 is 1.58 bits per heavy atom. The molecule has 0 heterocycles. The van der Waals surface area contributed by atoms with Crippen LogP contribution in [0.5, 0.6) is 0 Å². The second-order valence-corrected chi connectivity index (χ2v) is 10.4. The maximum absolute atomic E-state index is 11.9. The maximum Gasteiger partial charge on any atom is 0.101 e. The molecule has 0 spiro atoms. The van der Waals surface area contributed by atoms with Gasteiger partial charge in [0.2, 0.25) is 0 Å². The lowest BCUT2D eigenvalue weighted by atomic mass is 9.42. The van der Waals surface area contributed by atoms with Gasteiger partial charge in [-0.05, 0) is 81.5 Å². The second kappa shape index (κ2) is 5.66. The van der Waals surface area contributed by atoms with Crippen LogP contribution in [-0.4, -0.2) is 55.0 Å². The molecule has 10 unspecified atom stereocenters. The summed E-state index contributed by atoms with van der Waals surface area (Å²) in [6, 6.07) is 0. The lowest BCUT2D eigenvalue weighted by Crippen LogP contribution is -2.71. The summed E-state index contributed by atoms with van der Waals surface area (Å²) >= 11 is 0. The Morgan fingerprint density at radius 3 is 2.23 bits per heavy atom. The van der Waals surface area contributed by atoms with Crippen molar-refractivity contribution in [1.82, 2.24) is 0 Å². The van der Waals surface area contributed by atoms with E-state index in [1.807, 2.05) is 0 Å². The van der Waals surface area contributed by atoms with Crippen LogP contribution in [0.25, 0.3) is 0 Å². The van der Waals surface area contributed by atoms with E-state index in [-0.39, 0.29) is 23.4 Å². The van der Waals surface area contributed by atoms with E-state index in [1.54, 1.807) is 13.8 Å². The molecule has 5 heteroatoms. The molecule has 5 N–H and O–H groups in total. The molecular formula is C21H36O5. The van der Waals surface area contributed by atoms with Gasteiger partial charge in [0.1, 0.15) is 5.60 Å². The number of fused-ring (bicyclic) bond motifs is 5. The van der Waals surface area contributed by atoms with E-state index in [4.69, 9.17) is 0 Å². The molecule has 0 bridgehead atoms. The van der Waals surface area contributed by atoms with Crippen molar-refractivity contribution in [2.45, 2.75) is 102 Å². The van der Waals surface area contributed by atoms with E-state index in [9.17, 15) is 25.5 Å². The molecule has 26 heavy (non-hydrogen) atoms. The second-order valence-electron chi connectivity index (χ2n) is 10.4. The van der Waals surface area contributed by atoms with Gasteiger partial charge in [-0.3, -0.25) is 0 Å². The van der Waals surface area contributed by atoms with Gasteiger partial charge in [-0.2, -0.15) is 0 Å². The predicted octanol–water partition coefficient (Wildman–Crippen LogP) is 1.59. The SMILES string of the molecule is CC(O)C1(O)CCC2(O)C3CCC4CC(O)CCC4(C)C3CC(O)C12C. The minimum Gasteiger partial charge on any atom is -0.393 e. The first kappa shape index (κ1) is 19.1. The molecule has 4 saturated carbocycles. The quantitative estimate of drug-likeness (QED) is 0.484. The standard InChI is InChI=1S/C21H36O5/c1-12(22)20(25)8-9-21(26)15-5-4-13-10-14(23)6-7-18(13,2)16(15)11-17(24)19(20,21)3/h12-17,22-26H,4-11H2,1-3H3. The van der Waals surface area contributed by atoms with Gasteiger partial charge in [-0.1, -0.05) is 13.8 Å². The summed E-state index contributed by atoms with van der Waals surface area (Å²) in [6.07, 6.45) is 3.62. The number of aliphatic hydroxyl groups is 5. The molecule has 0 aromatic carbocycles. The van der Waals surface area contributed by atoms with Gasteiger partial charge in [0.25, 0.3) is 0 Å². The maximum atomic E-state index is 11.9. The van der Waals surface area contributed by atoms with Crippen LogP contribution in [-0.2, 0) is 0 Å². The van der Waals surface area contributed by atoms with E-state index in [0.717, 1.165) is 32.1 Å². The molecule has 0 radical (unpaired) electrons. The van der Waals surface area contributed by atoms with Gasteiger partial charge in [0, 0.05) is 0 Å². The number of hydrogen-bond donors (Lipinski definition) is 5. The van der Waals surface area contributed by atoms with Gasteiger partial charge < -0.3 is 25.5 Å². The highest BCUT2D eigenvalue weighted by Gasteiger charge is 2.75. The zero-order chi connectivity index (χ0) is 19.1. The molecule has 4 aliphatic carbocycles. The number of aliphatic hydroxyl groups excluding tert-OH is 3. The molecule has 150 valence electrons. The Morgan fingerprint density at radius 1 is 0.885 bits per heavy atom. The van der Waals surface area contributed by atoms with Crippen molar-refractivity contribution in [3.63, 3.8) is 0 Å². The summed E-state index contributed by atoms with van der Waals surface area (Å²) in [7, 11) is 0. The molecular weight excluding hydrogens is 332 g/mol. The van der Waals surface area contributed by atoms with Crippen LogP contribution in [0, 0.1) is 28.6 Å². The van der Waals surface area contributed by atoms with Crippen LogP contribution in [0.4, 0.5) is 0 Å². The molecule has 5 nitrogen and oxygen atoms in total. The van der Waals surface area contributed by atoms with E-state index < -0.39 is 28.8 Å². The number of hydrogen-bond acceptors (Lipinski definition) is 5. The fourth-order valence-electron chi connectivity index (χ4n) is 7.92. The van der Waals surface area contributed by atoms with Crippen LogP contribution in [0.3, 0.4) is 0 Å². The van der Waals surface area contributed by atoms with Crippen molar-refractivity contribution in [2.75, 3.05) is 0 Å². The first-order valence-corrected chi connectivity index (χ1v) is 10.5. The zero-order valence-electron chi connectivity index (χ0n) is 16.4. The third-order valence-corrected chi connectivity index (χ3v) is 9.80. The van der Waals surface area contributed by atoms with Crippen LogP contribution in [0.2, 0.25) is 0 Å². The van der Waals surface area contributed by atoms with Gasteiger partial charge in [-0.15, -0.1) is 0 Å². The minimum absolute atomic E-state index is 0.0196. The van der Waals surface area contributed by atoms with Crippen molar-refractivity contribution in [2.24, 2.45) is 28.6 Å². The van der Waals surface area contributed by atoms with Crippen LogP contribution < -0.4 is 0 Å². The third-order valence-electron chi connectivity index (χ3n) is 9.80. The average Bonchev–Trinajstić information content (AvgIpc) is 2.80. The summed E-state index contributed by atoms with van der Waals surface area (Å²) in [5.74, 6) is 0.656. The highest BCUT2D eigenvalue weighted by Crippen LogP contribution is 2.70. The lowest BCUT2D eigenvalue weighted by molar-refractivity contribution is -0.286. The summed E-state index contributed by atoms with van der Waals surface area (Å²) < 4.78 is 0. The molecule has 10 atom stereocenters. The van der Waals surface area contributed by atoms with Gasteiger partial charge >= 0.3 is 0 Å². The molecule has 0 aliphatic heterocycles. The largest absolute Gasteiger partial charge is 0.393 e. The van der Waals surface area contributed by atoms with Crippen LogP contribution in [0.15, 0.2) is 0 Å². The smallest absolute Gasteiger partial charge is 0.101 e. The molecule has 4 aliphatic rings. The minimum atomic E-state index is -1.47. The molecule has 0 saturated heterocycles. The zero-order valence-corrected chi connectivity index (χ0v) is 16.4. The third kappa shape index (κ3) is 2.04. The fraction of sp³-hybridized carbons (Fsp3) is 1.00. The topological polar surface area (TPSA) is 101 Å². The van der Waals surface area contributed by atoms with Crippen molar-refractivity contribution >= 4 is 0 Å². The van der Waals surface area contributed by atoms with Crippen molar-refractivity contribution in [3.8, 4) is 0 Å². The van der Waals surface area contributed by atoms with E-state index in [2.05, 4.69) is 6.92 Å². The monoisotopic (exact) mass is 368 g/mol. The normalized spacial score (nSPS) is 60.7.